The van der Waals surface area contributed by atoms with Gasteiger partial charge in [0.1, 0.15) is 34.4 Å². The number of fused-ring (bicyclic) bond motifs is 1. The second-order valence-electron chi connectivity index (χ2n) is 7.20. The fourth-order valence-corrected chi connectivity index (χ4v) is 3.32. The van der Waals surface area contributed by atoms with Gasteiger partial charge in [-0.1, -0.05) is 17.7 Å². The molecular formula is C26H19ClN4O4. The van der Waals surface area contributed by atoms with Crippen LogP contribution in [0.5, 0.6) is 17.4 Å². The molecule has 0 aliphatic carbocycles. The van der Waals surface area contributed by atoms with E-state index in [2.05, 4.69) is 10.3 Å². The average Bonchev–Trinajstić information content (AvgIpc) is 2.86. The van der Waals surface area contributed by atoms with Crippen molar-refractivity contribution >= 4 is 34.9 Å². The van der Waals surface area contributed by atoms with Crippen molar-refractivity contribution in [3.8, 4) is 23.4 Å². The van der Waals surface area contributed by atoms with Crippen LogP contribution in [0, 0.1) is 11.3 Å². The van der Waals surface area contributed by atoms with Crippen molar-refractivity contribution in [2.45, 2.75) is 6.92 Å². The third kappa shape index (κ3) is 5.49. The summed E-state index contributed by atoms with van der Waals surface area (Å²) in [6, 6.07) is 20.1. The Morgan fingerprint density at radius 2 is 1.83 bits per heavy atom. The second kappa shape index (κ2) is 10.5. The third-order valence-corrected chi connectivity index (χ3v) is 5.09. The summed E-state index contributed by atoms with van der Waals surface area (Å²) in [6.45, 7) is 2.39. The van der Waals surface area contributed by atoms with Gasteiger partial charge < -0.3 is 14.8 Å². The number of hydrogen-bond acceptors (Lipinski definition) is 6. The number of anilines is 1. The molecule has 0 saturated carbocycles. The summed E-state index contributed by atoms with van der Waals surface area (Å²) < 4.78 is 12.5. The maximum Gasteiger partial charge on any atom is 0.269 e. The van der Waals surface area contributed by atoms with Crippen molar-refractivity contribution < 1.29 is 14.3 Å². The molecule has 0 aliphatic rings. The fourth-order valence-electron chi connectivity index (χ4n) is 3.19. The van der Waals surface area contributed by atoms with Gasteiger partial charge in [-0.25, -0.2) is 0 Å². The minimum atomic E-state index is -0.688. The zero-order valence-electron chi connectivity index (χ0n) is 18.6. The first-order valence-corrected chi connectivity index (χ1v) is 11.0. The van der Waals surface area contributed by atoms with Crippen LogP contribution in [0.2, 0.25) is 5.02 Å². The quantitative estimate of drug-likeness (QED) is 0.288. The van der Waals surface area contributed by atoms with Gasteiger partial charge in [-0.05, 0) is 73.7 Å². The average molecular weight is 487 g/mol. The van der Waals surface area contributed by atoms with Crippen molar-refractivity contribution in [2.24, 2.45) is 0 Å². The largest absolute Gasteiger partial charge is 0.494 e. The number of benzene rings is 2. The number of hydrogen-bond donors (Lipinski definition) is 1. The monoisotopic (exact) mass is 486 g/mol. The highest BCUT2D eigenvalue weighted by molar-refractivity contribution is 6.30. The van der Waals surface area contributed by atoms with Gasteiger partial charge >= 0.3 is 0 Å². The summed E-state index contributed by atoms with van der Waals surface area (Å²) in [4.78, 5) is 30.5. The molecule has 8 nitrogen and oxygen atoms in total. The molecular weight excluding hydrogens is 468 g/mol. The van der Waals surface area contributed by atoms with Gasteiger partial charge in [0.05, 0.1) is 6.61 Å². The molecule has 2 heterocycles. The molecule has 4 aromatic rings. The van der Waals surface area contributed by atoms with E-state index >= 15 is 0 Å². The molecule has 0 atom stereocenters. The topological polar surface area (TPSA) is 106 Å². The van der Waals surface area contributed by atoms with E-state index in [1.165, 1.54) is 10.5 Å². The summed E-state index contributed by atoms with van der Waals surface area (Å²) in [5.74, 6) is 0.297. The van der Waals surface area contributed by atoms with Crippen LogP contribution in [0.3, 0.4) is 0 Å². The van der Waals surface area contributed by atoms with E-state index in [4.69, 9.17) is 21.1 Å². The van der Waals surface area contributed by atoms with Crippen LogP contribution in [-0.2, 0) is 4.79 Å². The Labute approximate surface area is 205 Å². The van der Waals surface area contributed by atoms with E-state index in [0.717, 1.165) is 0 Å². The smallest absolute Gasteiger partial charge is 0.269 e. The minimum absolute atomic E-state index is 0.0508. The highest BCUT2D eigenvalue weighted by Gasteiger charge is 2.17. The number of nitriles is 1. The number of aromatic nitrogens is 2. The molecule has 2 aromatic carbocycles. The Bertz CT molecular complexity index is 1500. The number of rotatable bonds is 7. The molecule has 0 aliphatic heterocycles. The molecule has 0 saturated heterocycles. The maximum atomic E-state index is 13.2. The van der Waals surface area contributed by atoms with Crippen LogP contribution in [0.4, 0.5) is 5.69 Å². The molecule has 0 bridgehead atoms. The number of ether oxygens (including phenoxy) is 2. The molecule has 1 N–H and O–H groups in total. The number of nitrogens with zero attached hydrogens (tertiary/aromatic N) is 3. The van der Waals surface area contributed by atoms with E-state index < -0.39 is 11.5 Å². The summed E-state index contributed by atoms with van der Waals surface area (Å²) in [5, 5.41) is 12.8. The first kappa shape index (κ1) is 23.5. The molecule has 174 valence electrons. The highest BCUT2D eigenvalue weighted by Crippen LogP contribution is 2.25. The molecule has 0 radical (unpaired) electrons. The number of halogens is 1. The number of pyridine rings is 1. The van der Waals surface area contributed by atoms with Gasteiger partial charge in [0.2, 0.25) is 5.88 Å². The molecule has 0 spiro atoms. The predicted octanol–water partition coefficient (Wildman–Crippen LogP) is 5.08. The van der Waals surface area contributed by atoms with E-state index in [1.54, 1.807) is 72.9 Å². The lowest BCUT2D eigenvalue weighted by Crippen LogP contribution is -2.20. The first-order chi connectivity index (χ1) is 17.0. The summed E-state index contributed by atoms with van der Waals surface area (Å²) in [6.07, 6.45) is 2.71. The Morgan fingerprint density at radius 3 is 2.51 bits per heavy atom. The van der Waals surface area contributed by atoms with Crippen molar-refractivity contribution in [2.75, 3.05) is 11.9 Å². The SMILES string of the molecule is CCOc1ccc(NC(=O)/C(C#N)=C/c2c(Oc3ccc(Cl)cc3)nc3ccccn3c2=O)cc1. The van der Waals surface area contributed by atoms with Gasteiger partial charge in [-0.3, -0.25) is 14.0 Å². The summed E-state index contributed by atoms with van der Waals surface area (Å²) in [7, 11) is 0. The van der Waals surface area contributed by atoms with Crippen LogP contribution in [0.25, 0.3) is 11.7 Å². The van der Waals surface area contributed by atoms with Crippen LogP contribution < -0.4 is 20.3 Å². The second-order valence-corrected chi connectivity index (χ2v) is 7.64. The van der Waals surface area contributed by atoms with E-state index in [9.17, 15) is 14.9 Å². The van der Waals surface area contributed by atoms with Crippen molar-refractivity contribution in [1.29, 1.82) is 5.26 Å². The Balaban J connectivity index is 1.72. The van der Waals surface area contributed by atoms with Crippen LogP contribution in [0.1, 0.15) is 12.5 Å². The lowest BCUT2D eigenvalue weighted by atomic mass is 10.1. The van der Waals surface area contributed by atoms with Crippen LogP contribution in [0.15, 0.2) is 83.3 Å². The van der Waals surface area contributed by atoms with E-state index in [0.29, 0.717) is 34.5 Å². The standard InChI is InChI=1S/C26H19ClN4O4/c1-2-34-20-12-8-19(9-13-20)29-24(32)17(16-28)15-22-25(35-21-10-6-18(27)7-11-21)30-23-5-3-4-14-31(23)26(22)33/h3-15H,2H2,1H3,(H,29,32)/b17-15+. The molecule has 1 amide bonds. The van der Waals surface area contributed by atoms with Crippen molar-refractivity contribution in [3.05, 3.63) is 99.4 Å². The Morgan fingerprint density at radius 1 is 1.11 bits per heavy atom. The van der Waals surface area contributed by atoms with Crippen molar-refractivity contribution in [3.63, 3.8) is 0 Å². The van der Waals surface area contributed by atoms with Gasteiger partial charge in [0.15, 0.2) is 0 Å². The van der Waals surface area contributed by atoms with Gasteiger partial charge in [-0.2, -0.15) is 10.2 Å². The minimum Gasteiger partial charge on any atom is -0.494 e. The lowest BCUT2D eigenvalue weighted by molar-refractivity contribution is -0.112. The highest BCUT2D eigenvalue weighted by atomic mass is 35.5. The molecule has 9 heteroatoms. The normalized spacial score (nSPS) is 11.1. The van der Waals surface area contributed by atoms with E-state index in [1.807, 2.05) is 13.0 Å². The number of amides is 1. The van der Waals surface area contributed by atoms with Crippen molar-refractivity contribution in [1.82, 2.24) is 9.38 Å². The summed E-state index contributed by atoms with van der Waals surface area (Å²) >= 11 is 5.94. The van der Waals surface area contributed by atoms with E-state index in [-0.39, 0.29) is 17.0 Å². The molecule has 2 aromatic heterocycles. The Kier molecular flexibility index (Phi) is 7.10. The summed E-state index contributed by atoms with van der Waals surface area (Å²) in [5.41, 5.74) is -0.0422. The van der Waals surface area contributed by atoms with Gasteiger partial charge in [0.25, 0.3) is 11.5 Å². The van der Waals surface area contributed by atoms with Gasteiger partial charge in [0, 0.05) is 16.9 Å². The van der Waals surface area contributed by atoms with Crippen LogP contribution in [-0.4, -0.2) is 21.9 Å². The molecule has 4 rings (SSSR count). The maximum absolute atomic E-state index is 13.2. The van der Waals surface area contributed by atoms with Gasteiger partial charge in [-0.15, -0.1) is 0 Å². The zero-order chi connectivity index (χ0) is 24.8. The lowest BCUT2D eigenvalue weighted by Gasteiger charge is -2.10. The zero-order valence-corrected chi connectivity index (χ0v) is 19.3. The van der Waals surface area contributed by atoms with Crippen LogP contribution >= 0.6 is 11.6 Å². The number of carbonyl (C=O) groups excluding carboxylic acids is 1. The first-order valence-electron chi connectivity index (χ1n) is 10.6. The fraction of sp³-hybridized carbons (Fsp3) is 0.0769. The third-order valence-electron chi connectivity index (χ3n) is 4.84. The molecule has 35 heavy (non-hydrogen) atoms. The Hall–Kier alpha value is -4.61. The molecule has 0 fully saturated rings. The number of carbonyl (C=O) groups is 1. The number of nitrogens with one attached hydrogen (secondary N) is 1. The molecule has 0 unspecified atom stereocenters. The predicted molar refractivity (Wildman–Crippen MR) is 133 cm³/mol.